The molecule has 108 valence electrons. The number of aryl methyl sites for hydroxylation is 1. The van der Waals surface area contributed by atoms with Crippen molar-refractivity contribution in [2.45, 2.75) is 39.2 Å². The van der Waals surface area contributed by atoms with Gasteiger partial charge in [0.05, 0.1) is 4.92 Å². The van der Waals surface area contributed by atoms with Gasteiger partial charge in [-0.3, -0.25) is 10.1 Å². The fourth-order valence-electron chi connectivity index (χ4n) is 3.39. The second-order valence-corrected chi connectivity index (χ2v) is 5.58. The molecule has 1 saturated carbocycles. The molecule has 2 heterocycles. The van der Waals surface area contributed by atoms with Crippen molar-refractivity contribution in [3.8, 4) is 0 Å². The molecule has 1 N–H and O–H groups in total. The molecule has 0 radical (unpaired) electrons. The number of piperidine rings is 1. The van der Waals surface area contributed by atoms with Gasteiger partial charge < -0.3 is 10.2 Å². The highest BCUT2D eigenvalue weighted by Crippen LogP contribution is 2.43. The summed E-state index contributed by atoms with van der Waals surface area (Å²) in [4.78, 5) is 21.7. The fraction of sp³-hybridized carbons (Fsp3) is 0.692. The van der Waals surface area contributed by atoms with Gasteiger partial charge in [0.1, 0.15) is 5.69 Å². The van der Waals surface area contributed by atoms with Gasteiger partial charge in [0, 0.05) is 19.1 Å². The number of nitrogens with zero attached hydrogens (tertiary/aromatic N) is 4. The summed E-state index contributed by atoms with van der Waals surface area (Å²) in [6.07, 6.45) is 3.48. The fourth-order valence-corrected chi connectivity index (χ4v) is 3.39. The molecule has 2 fully saturated rings. The molecule has 0 amide bonds. The third kappa shape index (κ3) is 2.07. The molecule has 7 nitrogen and oxygen atoms in total. The van der Waals surface area contributed by atoms with Crippen LogP contribution in [-0.2, 0) is 0 Å². The van der Waals surface area contributed by atoms with Gasteiger partial charge in [-0.2, -0.15) is 4.98 Å². The first-order valence-electron chi connectivity index (χ1n) is 7.13. The van der Waals surface area contributed by atoms with Crippen molar-refractivity contribution < 1.29 is 4.92 Å². The molecular weight excluding hydrogens is 258 g/mol. The van der Waals surface area contributed by atoms with Gasteiger partial charge >= 0.3 is 5.69 Å². The number of nitrogens with one attached hydrogen (secondary N) is 1. The Balaban J connectivity index is 2.04. The summed E-state index contributed by atoms with van der Waals surface area (Å²) in [6, 6.07) is 0.405. The maximum absolute atomic E-state index is 11.4. The Kier molecular flexibility index (Phi) is 3.19. The molecule has 3 rings (SSSR count). The minimum atomic E-state index is -0.355. The molecule has 20 heavy (non-hydrogen) atoms. The topological polar surface area (TPSA) is 84.2 Å². The van der Waals surface area contributed by atoms with Gasteiger partial charge in [0.2, 0.25) is 11.8 Å². The maximum Gasteiger partial charge on any atom is 0.332 e. The molecular formula is C13H19N5O2. The second-order valence-electron chi connectivity index (χ2n) is 5.58. The largest absolute Gasteiger partial charge is 0.354 e. The lowest BCUT2D eigenvalue weighted by Crippen LogP contribution is -2.33. The van der Waals surface area contributed by atoms with Crippen LogP contribution in [0.1, 0.15) is 31.9 Å². The predicted molar refractivity (Wildman–Crippen MR) is 76.1 cm³/mol. The Labute approximate surface area is 117 Å². The summed E-state index contributed by atoms with van der Waals surface area (Å²) in [7, 11) is 0. The lowest BCUT2D eigenvalue weighted by Gasteiger charge is -2.28. The van der Waals surface area contributed by atoms with Crippen LogP contribution in [0.15, 0.2) is 0 Å². The van der Waals surface area contributed by atoms with Crippen molar-refractivity contribution in [3.63, 3.8) is 0 Å². The zero-order chi connectivity index (χ0) is 14.3. The number of nitro groups is 1. The van der Waals surface area contributed by atoms with E-state index in [0.29, 0.717) is 36.0 Å². The first kappa shape index (κ1) is 13.1. The standard InChI is InChI=1S/C13H19N5O2/c1-3-14-13-15-8(2)11(18(19)20)12(16-13)17-7-9-4-5-10(17)6-9/h9-10H,3-7H2,1-2H3,(H,14,15,16). The summed E-state index contributed by atoms with van der Waals surface area (Å²) in [6.45, 7) is 5.21. The van der Waals surface area contributed by atoms with E-state index in [-0.39, 0.29) is 10.6 Å². The van der Waals surface area contributed by atoms with Crippen LogP contribution < -0.4 is 10.2 Å². The second kappa shape index (κ2) is 4.88. The van der Waals surface area contributed by atoms with Crippen LogP contribution in [0, 0.1) is 23.0 Å². The van der Waals surface area contributed by atoms with E-state index in [9.17, 15) is 10.1 Å². The van der Waals surface area contributed by atoms with Crippen LogP contribution >= 0.6 is 0 Å². The Morgan fingerprint density at radius 1 is 1.45 bits per heavy atom. The summed E-state index contributed by atoms with van der Waals surface area (Å²) < 4.78 is 0. The van der Waals surface area contributed by atoms with Crippen molar-refractivity contribution in [3.05, 3.63) is 15.8 Å². The lowest BCUT2D eigenvalue weighted by atomic mass is 10.1. The number of aromatic nitrogens is 2. The van der Waals surface area contributed by atoms with Crippen LogP contribution in [0.25, 0.3) is 0 Å². The maximum atomic E-state index is 11.4. The highest BCUT2D eigenvalue weighted by atomic mass is 16.6. The Hall–Kier alpha value is -1.92. The quantitative estimate of drug-likeness (QED) is 0.670. The van der Waals surface area contributed by atoms with E-state index in [4.69, 9.17) is 0 Å². The molecule has 1 aromatic heterocycles. The van der Waals surface area contributed by atoms with Gasteiger partial charge in [-0.05, 0) is 39.0 Å². The van der Waals surface area contributed by atoms with Gasteiger partial charge in [-0.15, -0.1) is 0 Å². The summed E-state index contributed by atoms with van der Waals surface area (Å²) in [5, 5.41) is 14.4. The van der Waals surface area contributed by atoms with E-state index in [2.05, 4.69) is 20.2 Å². The first-order valence-corrected chi connectivity index (χ1v) is 7.13. The van der Waals surface area contributed by atoms with Crippen LogP contribution in [0.4, 0.5) is 17.5 Å². The SMILES string of the molecule is CCNc1nc(C)c([N+](=O)[O-])c(N2CC3CCC2C3)n1. The summed E-state index contributed by atoms with van der Waals surface area (Å²) in [5.74, 6) is 1.64. The molecule has 2 aliphatic rings. The van der Waals surface area contributed by atoms with Crippen LogP contribution in [0.2, 0.25) is 0 Å². The smallest absolute Gasteiger partial charge is 0.332 e. The molecule has 2 atom stereocenters. The Bertz CT molecular complexity index is 548. The molecule has 2 unspecified atom stereocenters. The number of hydrogen-bond acceptors (Lipinski definition) is 6. The van der Waals surface area contributed by atoms with Crippen molar-refractivity contribution in [2.75, 3.05) is 23.3 Å². The Morgan fingerprint density at radius 3 is 2.80 bits per heavy atom. The van der Waals surface area contributed by atoms with Crippen molar-refractivity contribution in [2.24, 2.45) is 5.92 Å². The van der Waals surface area contributed by atoms with E-state index < -0.39 is 0 Å². The van der Waals surface area contributed by atoms with Crippen LogP contribution in [0.3, 0.4) is 0 Å². The zero-order valence-corrected chi connectivity index (χ0v) is 11.8. The van der Waals surface area contributed by atoms with E-state index in [1.807, 2.05) is 6.92 Å². The minimum absolute atomic E-state index is 0.0548. The zero-order valence-electron chi connectivity index (χ0n) is 11.8. The average molecular weight is 277 g/mol. The predicted octanol–water partition coefficient (Wildman–Crippen LogP) is 2.11. The van der Waals surface area contributed by atoms with E-state index >= 15 is 0 Å². The number of fused-ring (bicyclic) bond motifs is 2. The third-order valence-electron chi connectivity index (χ3n) is 4.24. The van der Waals surface area contributed by atoms with Gasteiger partial charge in [-0.1, -0.05) is 0 Å². The van der Waals surface area contributed by atoms with Crippen molar-refractivity contribution in [1.82, 2.24) is 9.97 Å². The summed E-state index contributed by atoms with van der Waals surface area (Å²) in [5.41, 5.74) is 0.484. The summed E-state index contributed by atoms with van der Waals surface area (Å²) >= 11 is 0. The number of hydrogen-bond donors (Lipinski definition) is 1. The molecule has 1 aliphatic carbocycles. The molecule has 0 spiro atoms. The highest BCUT2D eigenvalue weighted by Gasteiger charge is 2.41. The number of rotatable bonds is 4. The van der Waals surface area contributed by atoms with Crippen LogP contribution in [0.5, 0.6) is 0 Å². The molecule has 1 aliphatic heterocycles. The highest BCUT2D eigenvalue weighted by molar-refractivity contribution is 5.63. The third-order valence-corrected chi connectivity index (χ3v) is 4.24. The van der Waals surface area contributed by atoms with E-state index in [1.54, 1.807) is 6.92 Å². The molecule has 1 aromatic rings. The number of anilines is 2. The molecule has 2 bridgehead atoms. The van der Waals surface area contributed by atoms with E-state index in [1.165, 1.54) is 6.42 Å². The minimum Gasteiger partial charge on any atom is -0.354 e. The van der Waals surface area contributed by atoms with E-state index in [0.717, 1.165) is 19.4 Å². The monoisotopic (exact) mass is 277 g/mol. The Morgan fingerprint density at radius 2 is 2.25 bits per heavy atom. The van der Waals surface area contributed by atoms with Gasteiger partial charge in [0.15, 0.2) is 0 Å². The molecule has 0 aromatic carbocycles. The first-order chi connectivity index (χ1) is 9.60. The lowest BCUT2D eigenvalue weighted by molar-refractivity contribution is -0.385. The molecule has 1 saturated heterocycles. The molecule has 7 heteroatoms. The van der Waals surface area contributed by atoms with Crippen LogP contribution in [-0.4, -0.2) is 34.0 Å². The van der Waals surface area contributed by atoms with Crippen molar-refractivity contribution >= 4 is 17.5 Å². The average Bonchev–Trinajstić information content (AvgIpc) is 3.00. The normalized spacial score (nSPS) is 24.2. The van der Waals surface area contributed by atoms with Crippen molar-refractivity contribution in [1.29, 1.82) is 0 Å². The van der Waals surface area contributed by atoms with Gasteiger partial charge in [0.25, 0.3) is 0 Å². The van der Waals surface area contributed by atoms with Gasteiger partial charge in [-0.25, -0.2) is 4.98 Å².